The lowest BCUT2D eigenvalue weighted by Gasteiger charge is -1.95. The second-order valence-corrected chi connectivity index (χ2v) is 3.56. The van der Waals surface area contributed by atoms with Crippen LogP contribution >= 0.6 is 11.3 Å². The number of aromatic nitrogens is 1. The number of thiazole rings is 1. The van der Waals surface area contributed by atoms with E-state index < -0.39 is 0 Å². The minimum absolute atomic E-state index is 0.719. The van der Waals surface area contributed by atoms with Gasteiger partial charge in [-0.1, -0.05) is 41.7 Å². The molecule has 1 aromatic heterocycles. The Morgan fingerprint density at radius 1 is 1.31 bits per heavy atom. The molecule has 0 fully saturated rings. The van der Waals surface area contributed by atoms with Crippen molar-refractivity contribution < 1.29 is 4.73 Å². The van der Waals surface area contributed by atoms with Crippen molar-refractivity contribution in [3.8, 4) is 10.4 Å². The second-order valence-electron chi connectivity index (χ2n) is 2.77. The van der Waals surface area contributed by atoms with E-state index in [0.29, 0.717) is 0 Å². The molecule has 2 aromatic rings. The first-order chi connectivity index (χ1) is 6.29. The van der Waals surface area contributed by atoms with Crippen LogP contribution in [-0.2, 0) is 0 Å². The third kappa shape index (κ3) is 1.42. The van der Waals surface area contributed by atoms with Crippen molar-refractivity contribution in [2.45, 2.75) is 6.92 Å². The largest absolute Gasteiger partial charge is 0.617 e. The summed E-state index contributed by atoms with van der Waals surface area (Å²) < 4.78 is 0.785. The molecule has 1 radical (unpaired) electrons. The van der Waals surface area contributed by atoms with Gasteiger partial charge in [-0.3, -0.25) is 0 Å². The molecule has 0 amide bonds. The van der Waals surface area contributed by atoms with E-state index in [-0.39, 0.29) is 0 Å². The maximum atomic E-state index is 11.1. The lowest BCUT2D eigenvalue weighted by molar-refractivity contribution is -0.610. The van der Waals surface area contributed by atoms with E-state index in [1.165, 1.54) is 11.3 Å². The number of hydrogen-bond acceptors (Lipinski definition) is 2. The van der Waals surface area contributed by atoms with Crippen LogP contribution in [0.2, 0.25) is 0 Å². The van der Waals surface area contributed by atoms with Crippen molar-refractivity contribution in [3.63, 3.8) is 0 Å². The summed E-state index contributed by atoms with van der Waals surface area (Å²) in [7, 11) is 0. The SMILES string of the molecule is Cc1c(-c2ccccc2)s[c][n+]1[O-]. The average Bonchev–Trinajstić information content (AvgIpc) is 2.49. The van der Waals surface area contributed by atoms with Gasteiger partial charge in [0.25, 0.3) is 0 Å². The maximum absolute atomic E-state index is 11.1. The molecule has 2 rings (SSSR count). The lowest BCUT2D eigenvalue weighted by atomic mass is 10.2. The minimum Gasteiger partial charge on any atom is -0.617 e. The Morgan fingerprint density at radius 2 is 2.00 bits per heavy atom. The molecule has 2 nitrogen and oxygen atoms in total. The van der Waals surface area contributed by atoms with Crippen LogP contribution in [0.5, 0.6) is 0 Å². The third-order valence-corrected chi connectivity index (χ3v) is 2.89. The quantitative estimate of drug-likeness (QED) is 0.500. The zero-order chi connectivity index (χ0) is 9.26. The lowest BCUT2D eigenvalue weighted by Crippen LogP contribution is -2.26. The van der Waals surface area contributed by atoms with Crippen LogP contribution in [0.15, 0.2) is 30.3 Å². The molecule has 0 N–H and O–H groups in total. The Hall–Kier alpha value is -1.35. The first-order valence-corrected chi connectivity index (χ1v) is 4.77. The van der Waals surface area contributed by atoms with E-state index in [0.717, 1.165) is 20.9 Å². The Bertz CT molecular complexity index is 408. The highest BCUT2D eigenvalue weighted by atomic mass is 32.1. The van der Waals surface area contributed by atoms with E-state index in [4.69, 9.17) is 0 Å². The molecule has 0 aliphatic carbocycles. The predicted octanol–water partition coefficient (Wildman–Crippen LogP) is 2.16. The Labute approximate surface area is 80.7 Å². The molecule has 0 aliphatic heterocycles. The van der Waals surface area contributed by atoms with Gasteiger partial charge in [-0.15, -0.1) is 0 Å². The van der Waals surface area contributed by atoms with E-state index in [1.807, 2.05) is 37.3 Å². The van der Waals surface area contributed by atoms with Gasteiger partial charge >= 0.3 is 5.51 Å². The highest BCUT2D eigenvalue weighted by Crippen LogP contribution is 2.24. The Morgan fingerprint density at radius 3 is 2.54 bits per heavy atom. The monoisotopic (exact) mass is 190 g/mol. The van der Waals surface area contributed by atoms with E-state index in [9.17, 15) is 5.21 Å². The van der Waals surface area contributed by atoms with Gasteiger partial charge in [0, 0.05) is 6.92 Å². The number of hydrogen-bond donors (Lipinski definition) is 0. The molecule has 3 heteroatoms. The molecule has 65 valence electrons. The topological polar surface area (TPSA) is 26.9 Å². The van der Waals surface area contributed by atoms with Gasteiger partial charge in [0.15, 0.2) is 0 Å². The zero-order valence-electron chi connectivity index (χ0n) is 7.15. The summed E-state index contributed by atoms with van der Waals surface area (Å²) in [4.78, 5) is 0.996. The van der Waals surface area contributed by atoms with Crippen LogP contribution in [0, 0.1) is 17.6 Å². The smallest absolute Gasteiger partial charge is 0.359 e. The van der Waals surface area contributed by atoms with Gasteiger partial charge in [-0.2, -0.15) is 4.73 Å². The first kappa shape index (κ1) is 8.26. The summed E-state index contributed by atoms with van der Waals surface area (Å²) in [6.07, 6.45) is 0. The normalized spacial score (nSPS) is 10.2. The first-order valence-electron chi connectivity index (χ1n) is 3.95. The summed E-state index contributed by atoms with van der Waals surface area (Å²) in [5.41, 5.74) is 4.44. The summed E-state index contributed by atoms with van der Waals surface area (Å²) >= 11 is 1.35. The van der Waals surface area contributed by atoms with Gasteiger partial charge in [0.1, 0.15) is 4.88 Å². The fourth-order valence-electron chi connectivity index (χ4n) is 1.18. The zero-order valence-corrected chi connectivity index (χ0v) is 7.97. The summed E-state index contributed by atoms with van der Waals surface area (Å²) in [5.74, 6) is 0. The molecule has 1 heterocycles. The van der Waals surface area contributed by atoms with Crippen LogP contribution in [0.1, 0.15) is 5.69 Å². The number of nitrogens with zero attached hydrogens (tertiary/aromatic N) is 1. The van der Waals surface area contributed by atoms with Crippen molar-refractivity contribution in [3.05, 3.63) is 46.7 Å². The van der Waals surface area contributed by atoms with Crippen molar-refractivity contribution in [2.75, 3.05) is 0 Å². The van der Waals surface area contributed by atoms with E-state index in [2.05, 4.69) is 5.51 Å². The van der Waals surface area contributed by atoms with Crippen LogP contribution in [0.3, 0.4) is 0 Å². The van der Waals surface area contributed by atoms with Gasteiger partial charge in [0.2, 0.25) is 5.69 Å². The fourth-order valence-corrected chi connectivity index (χ4v) is 1.97. The highest BCUT2D eigenvalue weighted by Gasteiger charge is 2.12. The molecule has 1 aromatic carbocycles. The third-order valence-electron chi connectivity index (χ3n) is 1.90. The molecule has 0 spiro atoms. The van der Waals surface area contributed by atoms with E-state index in [1.54, 1.807) is 0 Å². The maximum Gasteiger partial charge on any atom is 0.359 e. The van der Waals surface area contributed by atoms with Crippen molar-refractivity contribution in [1.82, 2.24) is 0 Å². The number of benzene rings is 1. The van der Waals surface area contributed by atoms with Crippen LogP contribution in [0.4, 0.5) is 0 Å². The van der Waals surface area contributed by atoms with Gasteiger partial charge in [-0.05, 0) is 5.56 Å². The van der Waals surface area contributed by atoms with Crippen molar-refractivity contribution in [2.24, 2.45) is 0 Å². The molecule has 0 saturated heterocycles. The molecule has 0 unspecified atom stereocenters. The van der Waals surface area contributed by atoms with E-state index >= 15 is 0 Å². The fraction of sp³-hybridized carbons (Fsp3) is 0.100. The van der Waals surface area contributed by atoms with Crippen LogP contribution < -0.4 is 4.73 Å². The molecule has 0 atom stereocenters. The standard InChI is InChI=1S/C10H8NOS/c1-8-10(13-7-11(8)12)9-5-3-2-4-6-9/h2-6H,1H3. The molecular formula is C10H8NOS. The predicted molar refractivity (Wildman–Crippen MR) is 52.3 cm³/mol. The molecule has 0 bridgehead atoms. The highest BCUT2D eigenvalue weighted by molar-refractivity contribution is 7.12. The molecule has 13 heavy (non-hydrogen) atoms. The molecule has 0 saturated carbocycles. The van der Waals surface area contributed by atoms with Crippen LogP contribution in [0.25, 0.3) is 10.4 Å². The Kier molecular flexibility index (Phi) is 2.02. The summed E-state index contributed by atoms with van der Waals surface area (Å²) in [6, 6.07) is 9.87. The Balaban J connectivity index is 2.53. The van der Waals surface area contributed by atoms with Crippen molar-refractivity contribution in [1.29, 1.82) is 0 Å². The minimum atomic E-state index is 0.719. The molecule has 0 aliphatic rings. The van der Waals surface area contributed by atoms with Crippen molar-refractivity contribution >= 4 is 11.3 Å². The van der Waals surface area contributed by atoms with Crippen LogP contribution in [-0.4, -0.2) is 0 Å². The van der Waals surface area contributed by atoms with Gasteiger partial charge in [0.05, 0.1) is 0 Å². The summed E-state index contributed by atoms with van der Waals surface area (Å²) in [5, 5.41) is 11.1. The van der Waals surface area contributed by atoms with Gasteiger partial charge < -0.3 is 5.21 Å². The van der Waals surface area contributed by atoms with Gasteiger partial charge in [-0.25, -0.2) is 0 Å². The summed E-state index contributed by atoms with van der Waals surface area (Å²) in [6.45, 7) is 1.81. The average molecular weight is 190 g/mol. The molecular weight excluding hydrogens is 182 g/mol. The number of rotatable bonds is 1. The second kappa shape index (κ2) is 3.18.